The Morgan fingerprint density at radius 3 is 2.48 bits per heavy atom. The quantitative estimate of drug-likeness (QED) is 0.480. The largest absolute Gasteiger partial charge is 0.497 e. The van der Waals surface area contributed by atoms with Crippen molar-refractivity contribution in [3.63, 3.8) is 0 Å². The van der Waals surface area contributed by atoms with Crippen LogP contribution >= 0.6 is 11.6 Å². The molecule has 0 fully saturated rings. The number of ether oxygens (including phenoxy) is 1. The van der Waals surface area contributed by atoms with E-state index in [0.29, 0.717) is 30.6 Å². The van der Waals surface area contributed by atoms with Crippen molar-refractivity contribution in [1.29, 1.82) is 0 Å². The summed E-state index contributed by atoms with van der Waals surface area (Å²) in [5, 5.41) is 9.69. The van der Waals surface area contributed by atoms with E-state index in [-0.39, 0.29) is 12.5 Å². The van der Waals surface area contributed by atoms with Crippen LogP contribution in [0, 0.1) is 0 Å². The van der Waals surface area contributed by atoms with Crippen molar-refractivity contribution in [2.75, 3.05) is 20.2 Å². The van der Waals surface area contributed by atoms with E-state index in [4.69, 9.17) is 16.3 Å². The molecule has 1 amide bonds. The van der Waals surface area contributed by atoms with Crippen LogP contribution in [0.1, 0.15) is 18.1 Å². The summed E-state index contributed by atoms with van der Waals surface area (Å²) in [6.07, 6.45) is 0. The Bertz CT molecular complexity index is 763. The molecule has 2 rings (SSSR count). The van der Waals surface area contributed by atoms with Crippen LogP contribution in [0.3, 0.4) is 0 Å². The summed E-state index contributed by atoms with van der Waals surface area (Å²) in [4.78, 5) is 16.5. The molecule has 0 aliphatic carbocycles. The van der Waals surface area contributed by atoms with Crippen molar-refractivity contribution in [1.82, 2.24) is 16.0 Å². The van der Waals surface area contributed by atoms with Gasteiger partial charge in [0.25, 0.3) is 0 Å². The van der Waals surface area contributed by atoms with Crippen molar-refractivity contribution in [2.45, 2.75) is 20.0 Å². The predicted molar refractivity (Wildman–Crippen MR) is 109 cm³/mol. The van der Waals surface area contributed by atoms with Crippen LogP contribution < -0.4 is 20.7 Å². The van der Waals surface area contributed by atoms with E-state index in [9.17, 15) is 4.79 Å². The standard InChI is InChI=1S/C20H25ClN4O2/c1-3-22-20(24-13-16-6-4-5-7-18(16)21)25-14-19(26)23-12-15-8-10-17(27-2)11-9-15/h4-11H,3,12-14H2,1-2H3,(H,23,26)(H2,22,24,25). The highest BCUT2D eigenvalue weighted by Crippen LogP contribution is 2.15. The van der Waals surface area contributed by atoms with Gasteiger partial charge in [-0.1, -0.05) is 41.9 Å². The maximum atomic E-state index is 12.1. The predicted octanol–water partition coefficient (Wildman–Crippen LogP) is 2.72. The summed E-state index contributed by atoms with van der Waals surface area (Å²) in [7, 11) is 1.62. The molecule has 3 N–H and O–H groups in total. The second kappa shape index (κ2) is 11.1. The SMILES string of the molecule is CCNC(=NCc1ccccc1Cl)NCC(=O)NCc1ccc(OC)cc1. The summed E-state index contributed by atoms with van der Waals surface area (Å²) in [5.74, 6) is 1.24. The van der Waals surface area contributed by atoms with Crippen molar-refractivity contribution >= 4 is 23.5 Å². The summed E-state index contributed by atoms with van der Waals surface area (Å²) in [6, 6.07) is 15.1. The number of aliphatic imine (C=N–C) groups is 1. The number of carbonyl (C=O) groups excluding carboxylic acids is 1. The van der Waals surface area contributed by atoms with E-state index in [0.717, 1.165) is 16.9 Å². The molecule has 2 aromatic rings. The number of guanidine groups is 1. The van der Waals surface area contributed by atoms with Gasteiger partial charge in [0.1, 0.15) is 5.75 Å². The second-order valence-electron chi connectivity index (χ2n) is 5.76. The van der Waals surface area contributed by atoms with Gasteiger partial charge in [0.05, 0.1) is 20.2 Å². The minimum atomic E-state index is -0.117. The maximum absolute atomic E-state index is 12.1. The van der Waals surface area contributed by atoms with Crippen LogP contribution in [0.15, 0.2) is 53.5 Å². The molecule has 0 atom stereocenters. The zero-order valence-corrected chi connectivity index (χ0v) is 16.3. The van der Waals surface area contributed by atoms with Gasteiger partial charge >= 0.3 is 0 Å². The molecule has 0 heterocycles. The van der Waals surface area contributed by atoms with Crippen molar-refractivity contribution < 1.29 is 9.53 Å². The lowest BCUT2D eigenvalue weighted by Gasteiger charge is -2.12. The van der Waals surface area contributed by atoms with Crippen LogP contribution in [0.4, 0.5) is 0 Å². The summed E-state index contributed by atoms with van der Waals surface area (Å²) in [5.41, 5.74) is 1.93. The number of methoxy groups -OCH3 is 1. The lowest BCUT2D eigenvalue weighted by atomic mass is 10.2. The fourth-order valence-electron chi connectivity index (χ4n) is 2.30. The number of amides is 1. The molecule has 144 valence electrons. The number of benzene rings is 2. The van der Waals surface area contributed by atoms with E-state index in [1.165, 1.54) is 0 Å². The van der Waals surface area contributed by atoms with Crippen molar-refractivity contribution in [2.24, 2.45) is 4.99 Å². The Hall–Kier alpha value is -2.73. The molecule has 7 heteroatoms. The number of hydrogen-bond acceptors (Lipinski definition) is 3. The minimum Gasteiger partial charge on any atom is -0.497 e. The molecule has 0 aliphatic heterocycles. The van der Waals surface area contributed by atoms with Crippen LogP contribution in [0.5, 0.6) is 5.75 Å². The molecule has 0 bridgehead atoms. The third-order valence-corrected chi connectivity index (χ3v) is 4.14. The van der Waals surface area contributed by atoms with Gasteiger partial charge in [-0.3, -0.25) is 4.79 Å². The number of halogens is 1. The van der Waals surface area contributed by atoms with Gasteiger partial charge in [-0.15, -0.1) is 0 Å². The number of carbonyl (C=O) groups is 1. The molecule has 0 aliphatic rings. The Balaban J connectivity index is 1.82. The molecule has 0 unspecified atom stereocenters. The molecular formula is C20H25ClN4O2. The molecule has 0 saturated heterocycles. The van der Waals surface area contributed by atoms with Crippen LogP contribution in [0.2, 0.25) is 5.02 Å². The number of nitrogens with zero attached hydrogens (tertiary/aromatic N) is 1. The molecule has 0 saturated carbocycles. The summed E-state index contributed by atoms with van der Waals surface area (Å²) >= 11 is 6.15. The van der Waals surface area contributed by atoms with Crippen LogP contribution in [-0.4, -0.2) is 32.1 Å². The molecule has 0 spiro atoms. The number of nitrogens with one attached hydrogen (secondary N) is 3. The smallest absolute Gasteiger partial charge is 0.239 e. The Labute approximate surface area is 165 Å². The molecule has 0 radical (unpaired) electrons. The molecule has 6 nitrogen and oxygen atoms in total. The van der Waals surface area contributed by atoms with Gasteiger partial charge in [-0.2, -0.15) is 0 Å². The first-order chi connectivity index (χ1) is 13.1. The molecular weight excluding hydrogens is 364 g/mol. The zero-order chi connectivity index (χ0) is 19.5. The molecule has 27 heavy (non-hydrogen) atoms. The van der Waals surface area contributed by atoms with E-state index < -0.39 is 0 Å². The zero-order valence-electron chi connectivity index (χ0n) is 15.6. The average Bonchev–Trinajstić information content (AvgIpc) is 2.70. The van der Waals surface area contributed by atoms with E-state index in [2.05, 4.69) is 20.9 Å². The highest BCUT2D eigenvalue weighted by Gasteiger charge is 2.05. The Morgan fingerprint density at radius 2 is 1.81 bits per heavy atom. The third-order valence-electron chi connectivity index (χ3n) is 3.77. The van der Waals surface area contributed by atoms with Gasteiger partial charge in [-0.25, -0.2) is 4.99 Å². The highest BCUT2D eigenvalue weighted by atomic mass is 35.5. The first-order valence-electron chi connectivity index (χ1n) is 8.77. The van der Waals surface area contributed by atoms with E-state index >= 15 is 0 Å². The van der Waals surface area contributed by atoms with Crippen LogP contribution in [0.25, 0.3) is 0 Å². The topological polar surface area (TPSA) is 74.8 Å². The first kappa shape index (κ1) is 20.6. The van der Waals surface area contributed by atoms with Gasteiger partial charge < -0.3 is 20.7 Å². The average molecular weight is 389 g/mol. The highest BCUT2D eigenvalue weighted by molar-refractivity contribution is 6.31. The molecule has 0 aromatic heterocycles. The minimum absolute atomic E-state index is 0.117. The first-order valence-corrected chi connectivity index (χ1v) is 9.15. The van der Waals surface area contributed by atoms with Crippen molar-refractivity contribution in [3.8, 4) is 5.75 Å². The third kappa shape index (κ3) is 7.19. The maximum Gasteiger partial charge on any atom is 0.239 e. The van der Waals surface area contributed by atoms with Crippen molar-refractivity contribution in [3.05, 3.63) is 64.7 Å². The fraction of sp³-hybridized carbons (Fsp3) is 0.300. The van der Waals surface area contributed by atoms with Gasteiger partial charge in [0, 0.05) is 18.1 Å². The Kier molecular flexibility index (Phi) is 8.45. The Morgan fingerprint density at radius 1 is 1.07 bits per heavy atom. The van der Waals surface area contributed by atoms with Crippen LogP contribution in [-0.2, 0) is 17.9 Å². The lowest BCUT2D eigenvalue weighted by Crippen LogP contribution is -2.43. The summed E-state index contributed by atoms with van der Waals surface area (Å²) < 4.78 is 5.12. The normalized spacial score (nSPS) is 11.0. The monoisotopic (exact) mass is 388 g/mol. The number of rotatable bonds is 8. The van der Waals surface area contributed by atoms with Gasteiger partial charge in [0.15, 0.2) is 5.96 Å². The fourth-order valence-corrected chi connectivity index (χ4v) is 2.50. The molecule has 2 aromatic carbocycles. The van der Waals surface area contributed by atoms with Gasteiger partial charge in [-0.05, 0) is 36.2 Å². The second-order valence-corrected chi connectivity index (χ2v) is 6.17. The summed E-state index contributed by atoms with van der Waals surface area (Å²) in [6.45, 7) is 3.68. The number of hydrogen-bond donors (Lipinski definition) is 3. The van der Waals surface area contributed by atoms with Gasteiger partial charge in [0.2, 0.25) is 5.91 Å². The van der Waals surface area contributed by atoms with E-state index in [1.54, 1.807) is 7.11 Å². The van der Waals surface area contributed by atoms with E-state index in [1.807, 2.05) is 55.5 Å². The lowest BCUT2D eigenvalue weighted by molar-refractivity contribution is -0.120.